The summed E-state index contributed by atoms with van der Waals surface area (Å²) in [4.78, 5) is 1.27. The van der Waals surface area contributed by atoms with Crippen molar-refractivity contribution in [3.63, 3.8) is 0 Å². The van der Waals surface area contributed by atoms with E-state index in [1.807, 2.05) is 0 Å². The van der Waals surface area contributed by atoms with Crippen molar-refractivity contribution >= 4 is 63.7 Å². The third kappa shape index (κ3) is 8.26. The molecule has 2 unspecified atom stereocenters. The van der Waals surface area contributed by atoms with Gasteiger partial charge in [0.05, 0.1) is 0 Å². The van der Waals surface area contributed by atoms with Gasteiger partial charge in [0, 0.05) is 20.3 Å². The van der Waals surface area contributed by atoms with Gasteiger partial charge >= 0.3 is 0 Å². The van der Waals surface area contributed by atoms with Crippen molar-refractivity contribution in [3.8, 4) is 0 Å². The molecule has 0 aliphatic heterocycles. The first kappa shape index (κ1) is 12.9. The molecule has 0 heterocycles. The first-order valence-corrected chi connectivity index (χ1v) is 7.68. The van der Waals surface area contributed by atoms with Gasteiger partial charge < -0.3 is 0 Å². The zero-order valence-corrected chi connectivity index (χ0v) is 12.5. The highest BCUT2D eigenvalue weighted by atomic mass is 79.9. The molecule has 11 heavy (non-hydrogen) atoms. The van der Waals surface area contributed by atoms with Crippen molar-refractivity contribution in [2.75, 3.05) is 10.7 Å². The van der Waals surface area contributed by atoms with Crippen LogP contribution in [-0.2, 0) is 0 Å². The van der Waals surface area contributed by atoms with E-state index < -0.39 is 0 Å². The molecule has 0 aromatic heterocycles. The Balaban J connectivity index is 3.13. The van der Waals surface area contributed by atoms with E-state index in [-0.39, 0.29) is 0 Å². The zero-order chi connectivity index (χ0) is 8.69. The summed E-state index contributed by atoms with van der Waals surface area (Å²) in [7, 11) is 0. The summed E-state index contributed by atoms with van der Waals surface area (Å²) < 4.78 is 0. The fraction of sp³-hybridized carbons (Fsp3) is 1.00. The Hall–Kier alpha value is 1.92. The van der Waals surface area contributed by atoms with Gasteiger partial charge in [-0.15, -0.1) is 0 Å². The largest absolute Gasteiger partial charge is 0.0916 e. The lowest BCUT2D eigenvalue weighted by molar-refractivity contribution is 0.690. The summed E-state index contributed by atoms with van der Waals surface area (Å²) in [6.45, 7) is 0. The highest BCUT2D eigenvalue weighted by Gasteiger charge is 2.04. The minimum absolute atomic E-state index is 0.637. The summed E-state index contributed by atoms with van der Waals surface area (Å²) in [6.07, 6.45) is 3.78. The van der Waals surface area contributed by atoms with Crippen LogP contribution in [0, 0.1) is 0 Å². The van der Waals surface area contributed by atoms with Crippen LogP contribution < -0.4 is 0 Å². The molecule has 0 aliphatic rings. The SMILES string of the molecule is BrCC(Br)CCCC(Br)CBr. The van der Waals surface area contributed by atoms with Crippen molar-refractivity contribution in [2.45, 2.75) is 28.9 Å². The molecule has 0 nitrogen and oxygen atoms in total. The summed E-state index contributed by atoms with van der Waals surface area (Å²) in [5.41, 5.74) is 0. The third-order valence-electron chi connectivity index (χ3n) is 1.37. The van der Waals surface area contributed by atoms with Gasteiger partial charge in [-0.3, -0.25) is 0 Å². The van der Waals surface area contributed by atoms with Crippen LogP contribution in [0.1, 0.15) is 19.3 Å². The van der Waals surface area contributed by atoms with E-state index in [0.29, 0.717) is 9.65 Å². The van der Waals surface area contributed by atoms with Crippen LogP contribution in [0.3, 0.4) is 0 Å². The lowest BCUT2D eigenvalue weighted by Crippen LogP contribution is -2.03. The molecular formula is C7H12Br4. The summed E-state index contributed by atoms with van der Waals surface area (Å²) in [5, 5.41) is 2.10. The lowest BCUT2D eigenvalue weighted by Gasteiger charge is -2.07. The number of hydrogen-bond donors (Lipinski definition) is 0. The summed E-state index contributed by atoms with van der Waals surface area (Å²) >= 11 is 14.0. The first-order chi connectivity index (χ1) is 5.20. The van der Waals surface area contributed by atoms with E-state index in [1.165, 1.54) is 19.3 Å². The van der Waals surface area contributed by atoms with Crippen molar-refractivity contribution in [2.24, 2.45) is 0 Å². The normalized spacial score (nSPS) is 16.4. The van der Waals surface area contributed by atoms with Crippen molar-refractivity contribution < 1.29 is 0 Å². The number of rotatable bonds is 6. The fourth-order valence-corrected chi connectivity index (χ4v) is 2.01. The van der Waals surface area contributed by atoms with Crippen LogP contribution in [0.4, 0.5) is 0 Å². The van der Waals surface area contributed by atoms with Crippen molar-refractivity contribution in [1.82, 2.24) is 0 Å². The Kier molecular flexibility index (Phi) is 10.0. The number of hydrogen-bond acceptors (Lipinski definition) is 0. The average molecular weight is 416 g/mol. The average Bonchev–Trinajstić information content (AvgIpc) is 2.04. The molecule has 0 fully saturated rings. The number of halogens is 4. The molecule has 0 radical (unpaired) electrons. The third-order valence-corrected chi connectivity index (χ3v) is 6.23. The van der Waals surface area contributed by atoms with E-state index in [1.54, 1.807) is 0 Å². The monoisotopic (exact) mass is 412 g/mol. The quantitative estimate of drug-likeness (QED) is 0.561. The lowest BCUT2D eigenvalue weighted by atomic mass is 10.2. The van der Waals surface area contributed by atoms with Crippen molar-refractivity contribution in [1.29, 1.82) is 0 Å². The molecule has 0 aliphatic carbocycles. The van der Waals surface area contributed by atoms with E-state index >= 15 is 0 Å². The smallest absolute Gasteiger partial charge is 0.0242 e. The van der Waals surface area contributed by atoms with Gasteiger partial charge in [-0.2, -0.15) is 0 Å². The van der Waals surface area contributed by atoms with Crippen molar-refractivity contribution in [3.05, 3.63) is 0 Å². The Morgan fingerprint density at radius 2 is 1.18 bits per heavy atom. The van der Waals surface area contributed by atoms with Gasteiger partial charge in [-0.05, 0) is 12.8 Å². The predicted molar refractivity (Wildman–Crippen MR) is 66.9 cm³/mol. The molecule has 0 saturated carbocycles. The molecule has 0 spiro atoms. The molecular weight excluding hydrogens is 404 g/mol. The second kappa shape index (κ2) is 8.52. The van der Waals surface area contributed by atoms with E-state index in [2.05, 4.69) is 63.7 Å². The molecule has 4 heteroatoms. The molecule has 2 atom stereocenters. The fourth-order valence-electron chi connectivity index (χ4n) is 0.715. The van der Waals surface area contributed by atoms with Crippen LogP contribution in [0.2, 0.25) is 0 Å². The van der Waals surface area contributed by atoms with E-state index in [0.717, 1.165) is 10.7 Å². The highest BCUT2D eigenvalue weighted by molar-refractivity contribution is 9.12. The minimum atomic E-state index is 0.637. The van der Waals surface area contributed by atoms with Crippen LogP contribution in [0.25, 0.3) is 0 Å². The van der Waals surface area contributed by atoms with Gasteiger partial charge in [-0.1, -0.05) is 70.1 Å². The van der Waals surface area contributed by atoms with Gasteiger partial charge in [0.15, 0.2) is 0 Å². The zero-order valence-electron chi connectivity index (χ0n) is 6.20. The van der Waals surface area contributed by atoms with Crippen LogP contribution in [-0.4, -0.2) is 20.3 Å². The van der Waals surface area contributed by atoms with Crippen LogP contribution >= 0.6 is 63.7 Å². The molecule has 0 rings (SSSR count). The van der Waals surface area contributed by atoms with E-state index in [9.17, 15) is 0 Å². The highest BCUT2D eigenvalue weighted by Crippen LogP contribution is 2.17. The molecule has 0 bridgehead atoms. The maximum Gasteiger partial charge on any atom is 0.0242 e. The maximum absolute atomic E-state index is 3.57. The topological polar surface area (TPSA) is 0 Å². The number of alkyl halides is 4. The molecule has 0 saturated heterocycles. The first-order valence-electron chi connectivity index (χ1n) is 3.60. The predicted octanol–water partition coefficient (Wildman–Crippen LogP) is 4.47. The second-order valence-electron chi connectivity index (χ2n) is 2.43. The Morgan fingerprint density at radius 1 is 0.818 bits per heavy atom. The molecule has 0 aromatic carbocycles. The summed E-state index contributed by atoms with van der Waals surface area (Å²) in [5.74, 6) is 0. The molecule has 0 aromatic rings. The molecule has 68 valence electrons. The van der Waals surface area contributed by atoms with Gasteiger partial charge in [0.25, 0.3) is 0 Å². The maximum atomic E-state index is 3.57. The Morgan fingerprint density at radius 3 is 1.45 bits per heavy atom. The minimum Gasteiger partial charge on any atom is -0.0916 e. The second-order valence-corrected chi connectivity index (χ2v) is 6.32. The van der Waals surface area contributed by atoms with Gasteiger partial charge in [0.2, 0.25) is 0 Å². The van der Waals surface area contributed by atoms with Crippen LogP contribution in [0.15, 0.2) is 0 Å². The Labute approximate surface area is 102 Å². The molecule has 0 N–H and O–H groups in total. The van der Waals surface area contributed by atoms with Gasteiger partial charge in [0.1, 0.15) is 0 Å². The van der Waals surface area contributed by atoms with Gasteiger partial charge in [-0.25, -0.2) is 0 Å². The Bertz CT molecular complexity index is 76.5. The molecule has 0 amide bonds. The summed E-state index contributed by atoms with van der Waals surface area (Å²) in [6, 6.07) is 0. The van der Waals surface area contributed by atoms with Crippen LogP contribution in [0.5, 0.6) is 0 Å². The standard InChI is InChI=1S/C7H12Br4/c8-4-6(10)2-1-3-7(11)5-9/h6-7H,1-5H2. The van der Waals surface area contributed by atoms with E-state index in [4.69, 9.17) is 0 Å².